The SMILES string of the molecule is COc1cccc(-c2nnc(SCC(=O)N3CCN(c4ccccc4)CC3)n2-c2ccccc2)c1. The van der Waals surface area contributed by atoms with Crippen molar-refractivity contribution in [3.8, 4) is 22.8 Å². The molecule has 1 aliphatic rings. The number of methoxy groups -OCH3 is 1. The third kappa shape index (κ3) is 5.17. The molecule has 0 spiro atoms. The molecule has 0 bridgehead atoms. The van der Waals surface area contributed by atoms with Gasteiger partial charge in [-0.15, -0.1) is 10.2 Å². The van der Waals surface area contributed by atoms with Crippen LogP contribution >= 0.6 is 11.8 Å². The molecule has 8 heteroatoms. The Kier molecular flexibility index (Phi) is 6.99. The molecule has 5 rings (SSSR count). The number of nitrogens with zero attached hydrogens (tertiary/aromatic N) is 5. The molecule has 0 unspecified atom stereocenters. The van der Waals surface area contributed by atoms with Gasteiger partial charge in [0, 0.05) is 43.1 Å². The average Bonchev–Trinajstić information content (AvgIpc) is 3.37. The van der Waals surface area contributed by atoms with E-state index in [0.29, 0.717) is 29.8 Å². The van der Waals surface area contributed by atoms with Crippen molar-refractivity contribution in [1.82, 2.24) is 19.7 Å². The van der Waals surface area contributed by atoms with E-state index < -0.39 is 0 Å². The number of amides is 1. The van der Waals surface area contributed by atoms with E-state index in [1.54, 1.807) is 7.11 Å². The smallest absolute Gasteiger partial charge is 0.233 e. The molecular weight excluding hydrogens is 458 g/mol. The zero-order valence-corrected chi connectivity index (χ0v) is 20.4. The minimum absolute atomic E-state index is 0.119. The van der Waals surface area contributed by atoms with E-state index in [-0.39, 0.29) is 5.91 Å². The van der Waals surface area contributed by atoms with Crippen LogP contribution < -0.4 is 9.64 Å². The van der Waals surface area contributed by atoms with E-state index in [4.69, 9.17) is 4.74 Å². The number of carbonyl (C=O) groups excluding carboxylic acids is 1. The molecule has 0 N–H and O–H groups in total. The van der Waals surface area contributed by atoms with Crippen LogP contribution in [0, 0.1) is 0 Å². The molecule has 4 aromatic rings. The van der Waals surface area contributed by atoms with Crippen molar-refractivity contribution in [1.29, 1.82) is 0 Å². The second kappa shape index (κ2) is 10.7. The lowest BCUT2D eigenvalue weighted by Crippen LogP contribution is -2.49. The Labute approximate surface area is 209 Å². The first-order chi connectivity index (χ1) is 17.2. The van der Waals surface area contributed by atoms with Crippen LogP contribution in [0.3, 0.4) is 0 Å². The van der Waals surface area contributed by atoms with Gasteiger partial charge in [0.05, 0.1) is 12.9 Å². The predicted octanol–water partition coefficient (Wildman–Crippen LogP) is 4.38. The average molecular weight is 486 g/mol. The van der Waals surface area contributed by atoms with Crippen LogP contribution in [0.1, 0.15) is 0 Å². The van der Waals surface area contributed by atoms with Gasteiger partial charge in [-0.1, -0.05) is 60.3 Å². The largest absolute Gasteiger partial charge is 0.497 e. The Hall–Kier alpha value is -3.78. The van der Waals surface area contributed by atoms with Crippen molar-refractivity contribution in [3.63, 3.8) is 0 Å². The third-order valence-electron chi connectivity index (χ3n) is 6.05. The fourth-order valence-corrected chi connectivity index (χ4v) is 5.05. The van der Waals surface area contributed by atoms with Crippen LogP contribution in [0.4, 0.5) is 5.69 Å². The van der Waals surface area contributed by atoms with Crippen LogP contribution in [-0.4, -0.2) is 64.6 Å². The normalized spacial score (nSPS) is 13.6. The Morgan fingerprint density at radius 2 is 1.54 bits per heavy atom. The zero-order chi connectivity index (χ0) is 24.0. The van der Waals surface area contributed by atoms with Gasteiger partial charge in [-0.25, -0.2) is 0 Å². The maximum absolute atomic E-state index is 13.0. The first-order valence-electron chi connectivity index (χ1n) is 11.6. The van der Waals surface area contributed by atoms with Crippen LogP contribution in [0.25, 0.3) is 17.1 Å². The third-order valence-corrected chi connectivity index (χ3v) is 6.97. The minimum atomic E-state index is 0.119. The number of hydrogen-bond acceptors (Lipinski definition) is 6. The summed E-state index contributed by atoms with van der Waals surface area (Å²) in [5.41, 5.74) is 3.05. The van der Waals surface area contributed by atoms with Gasteiger partial charge in [0.25, 0.3) is 0 Å². The summed E-state index contributed by atoms with van der Waals surface area (Å²) in [7, 11) is 1.65. The number of benzene rings is 3. The molecule has 0 saturated carbocycles. The Morgan fingerprint density at radius 3 is 2.23 bits per heavy atom. The number of carbonyl (C=O) groups is 1. The molecule has 1 amide bonds. The number of ether oxygens (including phenoxy) is 1. The highest BCUT2D eigenvalue weighted by Crippen LogP contribution is 2.30. The monoisotopic (exact) mass is 485 g/mol. The molecule has 178 valence electrons. The molecule has 2 heterocycles. The van der Waals surface area contributed by atoms with Crippen molar-refractivity contribution in [3.05, 3.63) is 84.9 Å². The van der Waals surface area contributed by atoms with Crippen LogP contribution in [-0.2, 0) is 4.79 Å². The Morgan fingerprint density at radius 1 is 0.857 bits per heavy atom. The van der Waals surface area contributed by atoms with Crippen molar-refractivity contribution < 1.29 is 9.53 Å². The van der Waals surface area contributed by atoms with Gasteiger partial charge in [-0.05, 0) is 36.4 Å². The highest BCUT2D eigenvalue weighted by Gasteiger charge is 2.23. The first-order valence-corrected chi connectivity index (χ1v) is 12.6. The summed E-state index contributed by atoms with van der Waals surface area (Å²) in [5, 5.41) is 9.61. The number of piperazine rings is 1. The first kappa shape index (κ1) is 23.0. The van der Waals surface area contributed by atoms with E-state index >= 15 is 0 Å². The van der Waals surface area contributed by atoms with Gasteiger partial charge < -0.3 is 14.5 Å². The quantitative estimate of drug-likeness (QED) is 0.362. The Bertz CT molecular complexity index is 1270. The number of anilines is 1. The van der Waals surface area contributed by atoms with Crippen molar-refractivity contribution in [2.45, 2.75) is 5.16 Å². The number of para-hydroxylation sites is 2. The fourth-order valence-electron chi connectivity index (χ4n) is 4.19. The highest BCUT2D eigenvalue weighted by molar-refractivity contribution is 7.99. The van der Waals surface area contributed by atoms with Gasteiger partial charge in [-0.2, -0.15) is 0 Å². The summed E-state index contributed by atoms with van der Waals surface area (Å²) in [6.45, 7) is 3.10. The molecule has 1 fully saturated rings. The molecule has 0 aliphatic carbocycles. The topological polar surface area (TPSA) is 63.5 Å². The summed E-state index contributed by atoms with van der Waals surface area (Å²) in [6.07, 6.45) is 0. The molecule has 7 nitrogen and oxygen atoms in total. The number of hydrogen-bond donors (Lipinski definition) is 0. The molecular formula is C27H27N5O2S. The van der Waals surface area contributed by atoms with Gasteiger partial charge in [0.1, 0.15) is 5.75 Å². The molecule has 1 aliphatic heterocycles. The molecule has 1 aromatic heterocycles. The lowest BCUT2D eigenvalue weighted by atomic mass is 10.2. The maximum atomic E-state index is 13.0. The van der Waals surface area contributed by atoms with Gasteiger partial charge in [-0.3, -0.25) is 9.36 Å². The summed E-state index contributed by atoms with van der Waals surface area (Å²) >= 11 is 1.42. The summed E-state index contributed by atoms with van der Waals surface area (Å²) in [6, 6.07) is 28.1. The molecule has 1 saturated heterocycles. The summed E-state index contributed by atoms with van der Waals surface area (Å²) < 4.78 is 7.39. The van der Waals surface area contributed by atoms with Crippen LogP contribution in [0.15, 0.2) is 90.1 Å². The second-order valence-electron chi connectivity index (χ2n) is 8.20. The number of rotatable bonds is 7. The van der Waals surface area contributed by atoms with Crippen molar-refractivity contribution >= 4 is 23.4 Å². The van der Waals surface area contributed by atoms with Crippen molar-refractivity contribution in [2.75, 3.05) is 43.9 Å². The standard InChI is InChI=1S/C27H27N5O2S/c1-34-24-14-8-9-21(19-24)26-28-29-27(32(26)23-12-6-3-7-13-23)35-20-25(33)31-17-15-30(16-18-31)22-10-4-2-5-11-22/h2-14,19H,15-18,20H2,1H3. The van der Waals surface area contributed by atoms with Crippen LogP contribution in [0.5, 0.6) is 5.75 Å². The zero-order valence-electron chi connectivity index (χ0n) is 19.6. The highest BCUT2D eigenvalue weighted by atomic mass is 32.2. The maximum Gasteiger partial charge on any atom is 0.233 e. The van der Waals surface area contributed by atoms with Gasteiger partial charge >= 0.3 is 0 Å². The molecule has 35 heavy (non-hydrogen) atoms. The van der Waals surface area contributed by atoms with E-state index in [1.165, 1.54) is 17.4 Å². The Balaban J connectivity index is 1.30. The molecule has 3 aromatic carbocycles. The van der Waals surface area contributed by atoms with Crippen LogP contribution in [0.2, 0.25) is 0 Å². The second-order valence-corrected chi connectivity index (χ2v) is 9.14. The lowest BCUT2D eigenvalue weighted by Gasteiger charge is -2.36. The summed E-state index contributed by atoms with van der Waals surface area (Å²) in [4.78, 5) is 17.3. The van der Waals surface area contributed by atoms with E-state index in [9.17, 15) is 4.79 Å². The molecule has 0 radical (unpaired) electrons. The van der Waals surface area contributed by atoms with E-state index in [0.717, 1.165) is 30.1 Å². The van der Waals surface area contributed by atoms with Gasteiger partial charge in [0.15, 0.2) is 11.0 Å². The van der Waals surface area contributed by atoms with Gasteiger partial charge in [0.2, 0.25) is 5.91 Å². The van der Waals surface area contributed by atoms with Crippen molar-refractivity contribution in [2.24, 2.45) is 0 Å². The number of thioether (sulfide) groups is 1. The fraction of sp³-hybridized carbons (Fsp3) is 0.222. The summed E-state index contributed by atoms with van der Waals surface area (Å²) in [5.74, 6) is 1.90. The minimum Gasteiger partial charge on any atom is -0.497 e. The van der Waals surface area contributed by atoms with E-state index in [2.05, 4.69) is 27.2 Å². The molecule has 0 atom stereocenters. The number of aromatic nitrogens is 3. The lowest BCUT2D eigenvalue weighted by molar-refractivity contribution is -0.128. The van der Waals surface area contributed by atoms with E-state index in [1.807, 2.05) is 82.3 Å². The predicted molar refractivity (Wildman–Crippen MR) is 139 cm³/mol.